The molecule has 35 heavy (non-hydrogen) atoms. The number of nitrogens with zero attached hydrogens (tertiary/aromatic N) is 2. The van der Waals surface area contributed by atoms with Gasteiger partial charge in [-0.1, -0.05) is 54.1 Å². The Bertz CT molecular complexity index is 1630. The number of fused-ring (bicyclic) bond motifs is 3. The van der Waals surface area contributed by atoms with Crippen molar-refractivity contribution in [2.75, 3.05) is 4.31 Å². The number of hydrogen-bond acceptors (Lipinski definition) is 5. The van der Waals surface area contributed by atoms with Crippen LogP contribution in [-0.4, -0.2) is 18.4 Å². The quantitative estimate of drug-likeness (QED) is 0.297. The van der Waals surface area contributed by atoms with Gasteiger partial charge in [-0.15, -0.1) is 0 Å². The van der Waals surface area contributed by atoms with E-state index in [1.54, 1.807) is 49.4 Å². The molecule has 7 nitrogen and oxygen atoms in total. The van der Waals surface area contributed by atoms with E-state index in [1.807, 2.05) is 37.3 Å². The first-order valence-corrected chi connectivity index (χ1v) is 12.4. The van der Waals surface area contributed by atoms with E-state index in [9.17, 15) is 23.6 Å². The second-order valence-electron chi connectivity index (χ2n) is 8.58. The second-order valence-corrected chi connectivity index (χ2v) is 10.4. The van der Waals surface area contributed by atoms with E-state index in [0.29, 0.717) is 27.8 Å². The number of nitro groups is 1. The van der Waals surface area contributed by atoms with Gasteiger partial charge in [0.15, 0.2) is 0 Å². The van der Waals surface area contributed by atoms with Gasteiger partial charge in [0.25, 0.3) is 15.7 Å². The molecule has 8 heteroatoms. The summed E-state index contributed by atoms with van der Waals surface area (Å²) in [4.78, 5) is 10.8. The SMILES string of the molecule is Cc1ccc(S(=O)(=O)N2/C(=C/c3ccc([N+](=O)[O-])cc3C)C(O)c3ccc4ccccc4c32)cc1. The van der Waals surface area contributed by atoms with Crippen molar-refractivity contribution in [2.45, 2.75) is 24.8 Å². The molecule has 0 fully saturated rings. The maximum atomic E-state index is 14.0. The fourth-order valence-electron chi connectivity index (χ4n) is 4.43. The molecule has 176 valence electrons. The van der Waals surface area contributed by atoms with Crippen LogP contribution in [0, 0.1) is 24.0 Å². The van der Waals surface area contributed by atoms with Gasteiger partial charge in [-0.05, 0) is 54.6 Å². The molecule has 1 unspecified atom stereocenters. The maximum Gasteiger partial charge on any atom is 0.269 e. The zero-order valence-electron chi connectivity index (χ0n) is 19.0. The number of non-ortho nitro benzene ring substituents is 1. The van der Waals surface area contributed by atoms with Crippen LogP contribution in [0.4, 0.5) is 11.4 Å². The average molecular weight is 487 g/mol. The van der Waals surface area contributed by atoms with Crippen molar-refractivity contribution < 1.29 is 18.4 Å². The predicted molar refractivity (Wildman–Crippen MR) is 136 cm³/mol. The Balaban J connectivity index is 1.78. The van der Waals surface area contributed by atoms with Crippen molar-refractivity contribution >= 4 is 38.2 Å². The number of aliphatic hydroxyl groups is 1. The first-order chi connectivity index (χ1) is 16.7. The smallest absolute Gasteiger partial charge is 0.269 e. The lowest BCUT2D eigenvalue weighted by Crippen LogP contribution is -2.28. The Kier molecular flexibility index (Phi) is 5.42. The predicted octanol–water partition coefficient (Wildman–Crippen LogP) is 5.65. The topological polar surface area (TPSA) is 101 Å². The zero-order valence-corrected chi connectivity index (χ0v) is 19.9. The Morgan fingerprint density at radius 2 is 1.69 bits per heavy atom. The highest BCUT2D eigenvalue weighted by molar-refractivity contribution is 7.93. The van der Waals surface area contributed by atoms with Gasteiger partial charge in [0.05, 0.1) is 21.2 Å². The van der Waals surface area contributed by atoms with Gasteiger partial charge in [-0.2, -0.15) is 0 Å². The monoisotopic (exact) mass is 486 g/mol. The van der Waals surface area contributed by atoms with Crippen molar-refractivity contribution in [3.8, 4) is 0 Å². The standard InChI is InChI=1S/C27H22N2O5S/c1-17-7-12-22(13-8-17)35(33,34)28-25(16-20-9-11-21(29(31)32)15-18(20)2)27(30)24-14-10-19-5-3-4-6-23(19)26(24)28/h3-16,27,30H,1-2H3/b25-16+. The first-order valence-electron chi connectivity index (χ1n) is 11.0. The highest BCUT2D eigenvalue weighted by Gasteiger charge is 2.41. The van der Waals surface area contributed by atoms with Crippen LogP contribution < -0.4 is 4.31 Å². The molecule has 0 radical (unpaired) electrons. The van der Waals surface area contributed by atoms with Crippen LogP contribution in [0.5, 0.6) is 0 Å². The number of hydrogen-bond donors (Lipinski definition) is 1. The van der Waals surface area contributed by atoms with Crippen LogP contribution in [0.25, 0.3) is 16.8 Å². The molecule has 0 spiro atoms. The zero-order chi connectivity index (χ0) is 24.9. The van der Waals surface area contributed by atoms with Crippen LogP contribution >= 0.6 is 0 Å². The molecular weight excluding hydrogens is 464 g/mol. The molecule has 0 saturated heterocycles. The molecule has 0 aliphatic carbocycles. The van der Waals surface area contributed by atoms with Gasteiger partial charge < -0.3 is 5.11 Å². The number of aliphatic hydroxyl groups excluding tert-OH is 1. The molecule has 1 atom stereocenters. The Morgan fingerprint density at radius 1 is 0.971 bits per heavy atom. The molecule has 4 aromatic rings. The van der Waals surface area contributed by atoms with Crippen molar-refractivity contribution in [1.29, 1.82) is 0 Å². The summed E-state index contributed by atoms with van der Waals surface area (Å²) in [5, 5.41) is 24.0. The molecule has 0 saturated carbocycles. The van der Waals surface area contributed by atoms with E-state index in [4.69, 9.17) is 0 Å². The van der Waals surface area contributed by atoms with Crippen LogP contribution in [0.15, 0.2) is 89.5 Å². The summed E-state index contributed by atoms with van der Waals surface area (Å²) in [7, 11) is -4.10. The van der Waals surface area contributed by atoms with Gasteiger partial charge in [0.2, 0.25) is 0 Å². The number of aryl methyl sites for hydroxylation is 2. The Hall–Kier alpha value is -4.01. The number of nitro benzene ring substituents is 1. The fourth-order valence-corrected chi connectivity index (χ4v) is 5.99. The van der Waals surface area contributed by atoms with Crippen molar-refractivity contribution in [1.82, 2.24) is 0 Å². The highest BCUT2D eigenvalue weighted by Crippen LogP contribution is 2.49. The number of benzene rings is 4. The van der Waals surface area contributed by atoms with E-state index < -0.39 is 21.1 Å². The summed E-state index contributed by atoms with van der Waals surface area (Å²) in [5.41, 5.74) is 3.07. The largest absolute Gasteiger partial charge is 0.382 e. The van der Waals surface area contributed by atoms with Crippen LogP contribution in [0.1, 0.15) is 28.4 Å². The van der Waals surface area contributed by atoms with Crippen LogP contribution in [0.2, 0.25) is 0 Å². The van der Waals surface area contributed by atoms with Crippen molar-refractivity contribution in [2.24, 2.45) is 0 Å². The van der Waals surface area contributed by atoms with E-state index in [2.05, 4.69) is 0 Å². The molecule has 1 heterocycles. The molecule has 0 bridgehead atoms. The average Bonchev–Trinajstić information content (AvgIpc) is 3.13. The minimum Gasteiger partial charge on any atom is -0.382 e. The molecule has 1 aliphatic rings. The Morgan fingerprint density at radius 3 is 2.37 bits per heavy atom. The minimum atomic E-state index is -4.10. The normalized spacial score (nSPS) is 16.6. The van der Waals surface area contributed by atoms with Crippen LogP contribution in [-0.2, 0) is 10.0 Å². The van der Waals surface area contributed by atoms with Crippen molar-refractivity contribution in [3.05, 3.63) is 117 Å². The van der Waals surface area contributed by atoms with Gasteiger partial charge in [-0.3, -0.25) is 10.1 Å². The third kappa shape index (κ3) is 3.77. The molecule has 1 N–H and O–H groups in total. The number of sulfonamides is 1. The lowest BCUT2D eigenvalue weighted by Gasteiger charge is -2.23. The van der Waals surface area contributed by atoms with E-state index >= 15 is 0 Å². The van der Waals surface area contributed by atoms with Gasteiger partial charge >= 0.3 is 0 Å². The molecular formula is C27H22N2O5S. The maximum absolute atomic E-state index is 14.0. The molecule has 0 amide bonds. The van der Waals surface area contributed by atoms with Gasteiger partial charge in [0.1, 0.15) is 6.10 Å². The van der Waals surface area contributed by atoms with E-state index in [-0.39, 0.29) is 16.3 Å². The summed E-state index contributed by atoms with van der Waals surface area (Å²) in [5.74, 6) is 0. The minimum absolute atomic E-state index is 0.0602. The number of rotatable bonds is 4. The highest BCUT2D eigenvalue weighted by atomic mass is 32.2. The lowest BCUT2D eigenvalue weighted by molar-refractivity contribution is -0.384. The lowest BCUT2D eigenvalue weighted by atomic mass is 10.0. The molecule has 4 aromatic carbocycles. The first kappa shape index (κ1) is 22.8. The van der Waals surface area contributed by atoms with E-state index in [0.717, 1.165) is 10.9 Å². The summed E-state index contributed by atoms with van der Waals surface area (Å²) < 4.78 is 29.2. The Labute approximate surface area is 202 Å². The summed E-state index contributed by atoms with van der Waals surface area (Å²) >= 11 is 0. The second kappa shape index (κ2) is 8.33. The third-order valence-electron chi connectivity index (χ3n) is 6.27. The molecule has 5 rings (SSSR count). The summed E-state index contributed by atoms with van der Waals surface area (Å²) in [6.07, 6.45) is 0.383. The number of anilines is 1. The molecule has 0 aromatic heterocycles. The summed E-state index contributed by atoms with van der Waals surface area (Å²) in [6, 6.07) is 21.9. The third-order valence-corrected chi connectivity index (χ3v) is 8.01. The van der Waals surface area contributed by atoms with Gasteiger partial charge in [0, 0.05) is 23.1 Å². The molecule has 1 aliphatic heterocycles. The summed E-state index contributed by atoms with van der Waals surface area (Å²) in [6.45, 7) is 3.59. The van der Waals surface area contributed by atoms with E-state index in [1.165, 1.54) is 16.4 Å². The van der Waals surface area contributed by atoms with Crippen LogP contribution in [0.3, 0.4) is 0 Å². The van der Waals surface area contributed by atoms with Gasteiger partial charge in [-0.25, -0.2) is 12.7 Å². The van der Waals surface area contributed by atoms with Crippen molar-refractivity contribution in [3.63, 3.8) is 0 Å². The fraction of sp³-hybridized carbons (Fsp3) is 0.111.